The van der Waals surface area contributed by atoms with Crippen molar-refractivity contribution in [2.75, 3.05) is 0 Å². The van der Waals surface area contributed by atoms with E-state index in [1.165, 1.54) is 159 Å². The van der Waals surface area contributed by atoms with Crippen LogP contribution in [-0.4, -0.2) is 42.4 Å². The molecule has 0 N–H and O–H groups in total. The van der Waals surface area contributed by atoms with Gasteiger partial charge in [0.25, 0.3) is 0 Å². The van der Waals surface area contributed by atoms with Crippen LogP contribution >= 0.6 is 0 Å². The number of para-hydroxylation sites is 12. The summed E-state index contributed by atoms with van der Waals surface area (Å²) in [5, 5.41) is 15.0. The van der Waals surface area contributed by atoms with Crippen LogP contribution in [0.5, 0.6) is 0 Å². The number of aromatic nitrogens is 9. The molecule has 21 aromatic carbocycles. The van der Waals surface area contributed by atoms with Gasteiger partial charge in [0.1, 0.15) is 0 Å². The minimum absolute atomic E-state index is 0.613. The Morgan fingerprint density at radius 2 is 0.283 bits per heavy atom. The van der Waals surface area contributed by atoms with Crippen LogP contribution in [0.15, 0.2) is 516 Å². The maximum Gasteiger partial charge on any atom is 0.164 e. The molecule has 0 unspecified atom stereocenters. The Morgan fingerprint density at radius 3 is 0.543 bits per heavy atom. The van der Waals surface area contributed by atoms with Crippen molar-refractivity contribution in [1.82, 2.24) is 42.4 Å². The molecule has 28 aromatic rings. The van der Waals surface area contributed by atoms with Crippen molar-refractivity contribution in [2.24, 2.45) is 0 Å². The van der Waals surface area contributed by atoms with Gasteiger partial charge in [0.2, 0.25) is 0 Å². The summed E-state index contributed by atoms with van der Waals surface area (Å²) in [5.74, 6) is 1.88. The second kappa shape index (κ2) is 33.9. The molecule has 0 spiro atoms. The molecule has 0 atom stereocenters. The third-order valence-corrected chi connectivity index (χ3v) is 27.3. The standard InChI is InChI=1S/C48H32N2.C45H29N5.C36H24N2/c1-3-15-33(16-4-1)35-27-36(34-17-5-2-6-18-34)29-37(28-35)38-30-39(49-45-23-11-7-19-41(45)42-20-8-12-24-46(42)49)32-40(31-38)50-47-25-13-9-21-43(47)44-22-10-14-26-48(44)50;1-3-15-30(16-4-1)43-46-44(31-17-5-2-6-18-31)48-45(47-43)32-27-33(49-39-23-11-7-19-35(39)36-20-8-12-24-40(36)49)29-34(28-32)50-41-25-13-9-21-37(41)38-22-10-14-26-42(38)50;1-3-11-27(12-4-1)37-33-17-9-7-15-29(33)31-23-25(19-21-35(31)37)26-20-22-36-32(24-26)30-16-8-10-18-34(30)38(36)28-13-5-2-6-14-28/h1-32H;1-29H;1-24H. The topological polar surface area (TPSA) is 68.2 Å². The molecular weight excluding hydrogens is 1680 g/mol. The van der Waals surface area contributed by atoms with Crippen molar-refractivity contribution in [3.05, 3.63) is 516 Å². The van der Waals surface area contributed by atoms with E-state index in [4.69, 9.17) is 15.0 Å². The Labute approximate surface area is 796 Å². The van der Waals surface area contributed by atoms with E-state index < -0.39 is 0 Å². The van der Waals surface area contributed by atoms with E-state index in [1.807, 2.05) is 60.7 Å². The van der Waals surface area contributed by atoms with Gasteiger partial charge in [-0.25, -0.2) is 15.0 Å². The second-order valence-corrected chi connectivity index (χ2v) is 35.4. The van der Waals surface area contributed by atoms with Crippen LogP contribution in [0.3, 0.4) is 0 Å². The lowest BCUT2D eigenvalue weighted by molar-refractivity contribution is 1.07. The number of hydrogen-bond acceptors (Lipinski definition) is 3. The fourth-order valence-corrected chi connectivity index (χ4v) is 21.1. The highest BCUT2D eigenvalue weighted by Crippen LogP contribution is 2.45. The zero-order valence-corrected chi connectivity index (χ0v) is 75.1. The molecule has 7 heterocycles. The SMILES string of the molecule is c1ccc(-c2cc(-c3ccccc3)cc(-c3cc(-n4c5ccccc5c5ccccc54)cc(-n4c5ccccc5c5ccccc54)c3)c2)cc1.c1ccc(-c2nc(-c3ccccc3)nc(-c3cc(-n4c5ccccc5c5ccccc54)cc(-n4c5ccccc5c5ccccc54)c3)n2)cc1.c1ccc(-n2c3ccccc3c3cc(-c4ccc5c(c4)c4ccccc4n5-c4ccccc4)ccc32)cc1. The summed E-state index contributed by atoms with van der Waals surface area (Å²) in [6.45, 7) is 0. The molecule has 0 bridgehead atoms. The molecule has 646 valence electrons. The molecule has 138 heavy (non-hydrogen) atoms. The van der Waals surface area contributed by atoms with Crippen molar-refractivity contribution in [1.29, 1.82) is 0 Å². The van der Waals surface area contributed by atoms with Gasteiger partial charge >= 0.3 is 0 Å². The Balaban J connectivity index is 0.000000108. The second-order valence-electron chi connectivity index (χ2n) is 35.4. The molecule has 0 saturated heterocycles. The Morgan fingerprint density at radius 1 is 0.101 bits per heavy atom. The third kappa shape index (κ3) is 14.0. The average molecular weight is 1760 g/mol. The number of nitrogens with zero attached hydrogens (tertiary/aromatic N) is 9. The normalized spacial score (nSPS) is 11.6. The van der Waals surface area contributed by atoms with Crippen molar-refractivity contribution >= 4 is 131 Å². The van der Waals surface area contributed by atoms with E-state index >= 15 is 0 Å². The van der Waals surface area contributed by atoms with E-state index in [9.17, 15) is 0 Å². The summed E-state index contributed by atoms with van der Waals surface area (Å²) in [7, 11) is 0. The zero-order valence-electron chi connectivity index (χ0n) is 75.1. The van der Waals surface area contributed by atoms with Crippen LogP contribution in [0.1, 0.15) is 0 Å². The van der Waals surface area contributed by atoms with E-state index in [0.29, 0.717) is 17.5 Å². The summed E-state index contributed by atoms with van der Waals surface area (Å²) in [4.78, 5) is 15.3. The number of fused-ring (bicyclic) bond motifs is 18. The maximum atomic E-state index is 5.15. The van der Waals surface area contributed by atoms with E-state index in [2.05, 4.69) is 482 Å². The summed E-state index contributed by atoms with van der Waals surface area (Å²) < 4.78 is 14.3. The first-order valence-corrected chi connectivity index (χ1v) is 47.0. The van der Waals surface area contributed by atoms with Crippen molar-refractivity contribution < 1.29 is 0 Å². The number of benzene rings is 21. The van der Waals surface area contributed by atoms with Crippen LogP contribution in [0.2, 0.25) is 0 Å². The largest absolute Gasteiger partial charge is 0.309 e. The summed E-state index contributed by atoms with van der Waals surface area (Å²) in [5.41, 5.74) is 33.3. The summed E-state index contributed by atoms with van der Waals surface area (Å²) >= 11 is 0. The van der Waals surface area contributed by atoms with E-state index in [0.717, 1.165) is 67.1 Å². The molecule has 0 saturated carbocycles. The average Bonchev–Trinajstić information content (AvgIpc) is 1.58. The highest BCUT2D eigenvalue weighted by molar-refractivity contribution is 6.16. The quantitative estimate of drug-likeness (QED) is 0.116. The molecule has 0 fully saturated rings. The molecule has 9 heteroatoms. The zero-order chi connectivity index (χ0) is 91.1. The smallest absolute Gasteiger partial charge is 0.164 e. The van der Waals surface area contributed by atoms with E-state index in [1.54, 1.807) is 0 Å². The maximum absolute atomic E-state index is 5.15. The molecule has 0 aliphatic heterocycles. The number of rotatable bonds is 13. The molecule has 28 rings (SSSR count). The first-order chi connectivity index (χ1) is 68.5. The van der Waals surface area contributed by atoms with Crippen LogP contribution in [-0.2, 0) is 0 Å². The van der Waals surface area contributed by atoms with Gasteiger partial charge in [-0.05, 0) is 208 Å². The highest BCUT2D eigenvalue weighted by Gasteiger charge is 2.25. The van der Waals surface area contributed by atoms with Crippen LogP contribution in [0.4, 0.5) is 0 Å². The fraction of sp³-hybridized carbons (Fsp3) is 0. The molecular formula is C129H85N9. The lowest BCUT2D eigenvalue weighted by Crippen LogP contribution is -2.03. The summed E-state index contributed by atoms with van der Waals surface area (Å²) in [6.07, 6.45) is 0. The van der Waals surface area contributed by atoms with E-state index in [-0.39, 0.29) is 0 Å². The first-order valence-electron chi connectivity index (χ1n) is 47.0. The molecule has 9 nitrogen and oxygen atoms in total. The van der Waals surface area contributed by atoms with Gasteiger partial charge in [0.15, 0.2) is 17.5 Å². The predicted molar refractivity (Wildman–Crippen MR) is 577 cm³/mol. The molecule has 7 aromatic heterocycles. The van der Waals surface area contributed by atoms with Crippen molar-refractivity contribution in [3.63, 3.8) is 0 Å². The molecule has 0 radical (unpaired) electrons. The molecule has 0 amide bonds. The van der Waals surface area contributed by atoms with Gasteiger partial charge in [-0.2, -0.15) is 0 Å². The van der Waals surface area contributed by atoms with Gasteiger partial charge in [-0.15, -0.1) is 0 Å². The van der Waals surface area contributed by atoms with Crippen LogP contribution in [0.25, 0.3) is 244 Å². The van der Waals surface area contributed by atoms with Gasteiger partial charge in [-0.3, -0.25) is 0 Å². The van der Waals surface area contributed by atoms with Gasteiger partial charge in [0, 0.05) is 115 Å². The highest BCUT2D eigenvalue weighted by atomic mass is 15.1. The minimum Gasteiger partial charge on any atom is -0.309 e. The van der Waals surface area contributed by atoms with Gasteiger partial charge in [-0.1, -0.05) is 352 Å². The van der Waals surface area contributed by atoms with Crippen LogP contribution in [0, 0.1) is 0 Å². The molecule has 0 aliphatic carbocycles. The lowest BCUT2D eigenvalue weighted by Gasteiger charge is -2.17. The first kappa shape index (κ1) is 80.3. The fourth-order valence-electron chi connectivity index (χ4n) is 21.1. The van der Waals surface area contributed by atoms with Gasteiger partial charge in [0.05, 0.1) is 66.2 Å². The Hall–Kier alpha value is -18.6. The lowest BCUT2D eigenvalue weighted by atomic mass is 9.93. The predicted octanol–water partition coefficient (Wildman–Crippen LogP) is 33.5. The summed E-state index contributed by atoms with van der Waals surface area (Å²) in [6, 6.07) is 185. The Bertz CT molecular complexity index is 8430. The van der Waals surface area contributed by atoms with Crippen molar-refractivity contribution in [2.45, 2.75) is 0 Å². The van der Waals surface area contributed by atoms with Crippen LogP contribution < -0.4 is 0 Å². The van der Waals surface area contributed by atoms with Gasteiger partial charge < -0.3 is 27.4 Å². The molecule has 0 aliphatic rings. The minimum atomic E-state index is 0.613. The monoisotopic (exact) mass is 1760 g/mol. The van der Waals surface area contributed by atoms with Crippen molar-refractivity contribution in [3.8, 4) is 113 Å². The third-order valence-electron chi connectivity index (χ3n) is 27.3. The Kier molecular flexibility index (Phi) is 19.7. The number of hydrogen-bond donors (Lipinski definition) is 0.